The van der Waals surface area contributed by atoms with E-state index in [0.29, 0.717) is 31.4 Å². The predicted octanol–water partition coefficient (Wildman–Crippen LogP) is 1.68. The molecule has 1 atom stereocenters. The molecule has 1 aliphatic rings. The molecule has 0 radical (unpaired) electrons. The van der Waals surface area contributed by atoms with Gasteiger partial charge in [-0.3, -0.25) is 4.79 Å². The van der Waals surface area contributed by atoms with Crippen LogP contribution in [0.3, 0.4) is 0 Å². The van der Waals surface area contributed by atoms with Crippen LogP contribution in [0.25, 0.3) is 0 Å². The molecule has 0 aromatic carbocycles. The van der Waals surface area contributed by atoms with Crippen molar-refractivity contribution in [2.24, 2.45) is 0 Å². The summed E-state index contributed by atoms with van der Waals surface area (Å²) in [5.41, 5.74) is 0.474. The number of halogens is 1. The minimum Gasteiger partial charge on any atom is -0.383 e. The highest BCUT2D eigenvalue weighted by molar-refractivity contribution is 9.10. The molecule has 2 rings (SSSR count). The number of carbonyl (C=O) groups excluding carboxylic acids is 1. The molecule has 1 N–H and O–H groups in total. The Bertz CT molecular complexity index is 433. The Balaban J connectivity index is 2.03. The minimum absolute atomic E-state index is 0.0387. The van der Waals surface area contributed by atoms with Crippen molar-refractivity contribution < 1.29 is 9.53 Å². The summed E-state index contributed by atoms with van der Waals surface area (Å²) < 4.78 is 5.97. The first kappa shape index (κ1) is 15.4. The van der Waals surface area contributed by atoms with Crippen molar-refractivity contribution in [3.63, 3.8) is 0 Å². The van der Waals surface area contributed by atoms with Gasteiger partial charge in [-0.25, -0.2) is 4.98 Å². The maximum atomic E-state index is 12.5. The maximum absolute atomic E-state index is 12.5. The molecule has 110 valence electrons. The normalized spacial score (nSPS) is 18.2. The third-order valence-corrected chi connectivity index (χ3v) is 3.87. The third kappa shape index (κ3) is 4.26. The number of pyridine rings is 1. The third-order valence-electron chi connectivity index (χ3n) is 3.40. The second-order valence-electron chi connectivity index (χ2n) is 4.90. The summed E-state index contributed by atoms with van der Waals surface area (Å²) in [6.45, 7) is 2.87. The van der Waals surface area contributed by atoms with Crippen molar-refractivity contribution in [1.82, 2.24) is 15.2 Å². The lowest BCUT2D eigenvalue weighted by atomic mass is 10.2. The van der Waals surface area contributed by atoms with E-state index < -0.39 is 0 Å². The first-order valence-corrected chi connectivity index (χ1v) is 7.63. The first-order chi connectivity index (χ1) is 9.70. The predicted molar refractivity (Wildman–Crippen MR) is 80.7 cm³/mol. The van der Waals surface area contributed by atoms with Crippen LogP contribution in [-0.4, -0.2) is 55.2 Å². The van der Waals surface area contributed by atoms with Crippen LogP contribution in [0, 0.1) is 0 Å². The molecule has 0 aliphatic carbocycles. The van der Waals surface area contributed by atoms with Crippen LogP contribution >= 0.6 is 15.9 Å². The summed E-state index contributed by atoms with van der Waals surface area (Å²) in [5.74, 6) is -0.0387. The first-order valence-electron chi connectivity index (χ1n) is 6.84. The molecular formula is C14H20BrN3O2. The Labute approximate surface area is 127 Å². The van der Waals surface area contributed by atoms with Gasteiger partial charge in [0.25, 0.3) is 5.91 Å². The van der Waals surface area contributed by atoms with E-state index in [1.807, 2.05) is 11.0 Å². The van der Waals surface area contributed by atoms with Crippen molar-refractivity contribution >= 4 is 21.8 Å². The molecular weight excluding hydrogens is 322 g/mol. The Morgan fingerprint density at radius 2 is 2.45 bits per heavy atom. The van der Waals surface area contributed by atoms with E-state index in [9.17, 15) is 4.79 Å². The van der Waals surface area contributed by atoms with Gasteiger partial charge in [-0.15, -0.1) is 0 Å². The summed E-state index contributed by atoms with van der Waals surface area (Å²) in [5, 5.41) is 3.42. The Kier molecular flexibility index (Phi) is 5.94. The fourth-order valence-electron chi connectivity index (χ4n) is 2.32. The fourth-order valence-corrected chi connectivity index (χ4v) is 2.55. The second-order valence-corrected chi connectivity index (χ2v) is 5.81. The number of amides is 1. The van der Waals surface area contributed by atoms with E-state index in [2.05, 4.69) is 26.2 Å². The van der Waals surface area contributed by atoms with Gasteiger partial charge < -0.3 is 15.0 Å². The number of carbonyl (C=O) groups is 1. The van der Waals surface area contributed by atoms with E-state index in [4.69, 9.17) is 4.74 Å². The molecule has 1 amide bonds. The summed E-state index contributed by atoms with van der Waals surface area (Å²) in [4.78, 5) is 18.5. The summed E-state index contributed by atoms with van der Waals surface area (Å²) >= 11 is 3.33. The topological polar surface area (TPSA) is 54.5 Å². The summed E-state index contributed by atoms with van der Waals surface area (Å²) in [6, 6.07) is 3.96. The molecule has 5 nitrogen and oxygen atoms in total. The Morgan fingerprint density at radius 1 is 1.60 bits per heavy atom. The summed E-state index contributed by atoms with van der Waals surface area (Å²) in [6.07, 6.45) is 3.94. The van der Waals surface area contributed by atoms with E-state index in [1.54, 1.807) is 19.4 Å². The highest BCUT2D eigenvalue weighted by atomic mass is 79.9. The lowest BCUT2D eigenvalue weighted by molar-refractivity contribution is 0.0673. The number of hydrogen-bond donors (Lipinski definition) is 1. The van der Waals surface area contributed by atoms with Crippen molar-refractivity contribution in [3.8, 4) is 0 Å². The minimum atomic E-state index is -0.0387. The zero-order valence-corrected chi connectivity index (χ0v) is 13.2. The van der Waals surface area contributed by atoms with Crippen LogP contribution in [-0.2, 0) is 4.74 Å². The Morgan fingerprint density at radius 3 is 3.05 bits per heavy atom. The Hall–Kier alpha value is -0.980. The van der Waals surface area contributed by atoms with Gasteiger partial charge in [0.15, 0.2) is 0 Å². The molecule has 0 saturated carbocycles. The molecule has 0 bridgehead atoms. The molecule has 0 spiro atoms. The molecule has 1 aliphatic heterocycles. The van der Waals surface area contributed by atoms with E-state index in [1.165, 1.54) is 6.42 Å². The number of aromatic nitrogens is 1. The standard InChI is InChI=1S/C14H20BrN3O2/c1-20-8-7-18(10-12-3-2-6-16-12)14(19)13-5-4-11(15)9-17-13/h4-5,9,12,16H,2-3,6-8,10H2,1H3. The van der Waals surface area contributed by atoms with Crippen LogP contribution in [0.1, 0.15) is 23.3 Å². The van der Waals surface area contributed by atoms with E-state index >= 15 is 0 Å². The van der Waals surface area contributed by atoms with Crippen molar-refractivity contribution in [3.05, 3.63) is 28.5 Å². The van der Waals surface area contributed by atoms with Gasteiger partial charge in [-0.05, 0) is 47.4 Å². The number of methoxy groups -OCH3 is 1. The van der Waals surface area contributed by atoms with Gasteiger partial charge in [-0.2, -0.15) is 0 Å². The smallest absolute Gasteiger partial charge is 0.272 e. The lowest BCUT2D eigenvalue weighted by Gasteiger charge is -2.25. The van der Waals surface area contributed by atoms with Gasteiger partial charge in [0.2, 0.25) is 0 Å². The van der Waals surface area contributed by atoms with Crippen LogP contribution in [0.15, 0.2) is 22.8 Å². The maximum Gasteiger partial charge on any atom is 0.272 e. The number of hydrogen-bond acceptors (Lipinski definition) is 4. The van der Waals surface area contributed by atoms with Crippen molar-refractivity contribution in [2.75, 3.05) is 33.4 Å². The van der Waals surface area contributed by atoms with E-state index in [-0.39, 0.29) is 5.91 Å². The highest BCUT2D eigenvalue weighted by Gasteiger charge is 2.22. The number of ether oxygens (including phenoxy) is 1. The van der Waals surface area contributed by atoms with Crippen molar-refractivity contribution in [2.45, 2.75) is 18.9 Å². The second kappa shape index (κ2) is 7.71. The largest absolute Gasteiger partial charge is 0.383 e. The van der Waals surface area contributed by atoms with Crippen LogP contribution in [0.5, 0.6) is 0 Å². The number of nitrogens with zero attached hydrogens (tertiary/aromatic N) is 2. The van der Waals surface area contributed by atoms with Gasteiger partial charge in [0, 0.05) is 36.9 Å². The number of nitrogens with one attached hydrogen (secondary N) is 1. The molecule has 6 heteroatoms. The monoisotopic (exact) mass is 341 g/mol. The van der Waals surface area contributed by atoms with Crippen molar-refractivity contribution in [1.29, 1.82) is 0 Å². The van der Waals surface area contributed by atoms with E-state index in [0.717, 1.165) is 17.4 Å². The molecule has 2 heterocycles. The fraction of sp³-hybridized carbons (Fsp3) is 0.571. The number of rotatable bonds is 6. The summed E-state index contributed by atoms with van der Waals surface area (Å²) in [7, 11) is 1.65. The van der Waals surface area contributed by atoms with Gasteiger partial charge in [0.05, 0.1) is 6.61 Å². The van der Waals surface area contributed by atoms with Gasteiger partial charge >= 0.3 is 0 Å². The van der Waals surface area contributed by atoms with Crippen LogP contribution < -0.4 is 5.32 Å². The molecule has 1 saturated heterocycles. The average Bonchev–Trinajstić information content (AvgIpc) is 2.96. The lowest BCUT2D eigenvalue weighted by Crippen LogP contribution is -2.42. The zero-order valence-electron chi connectivity index (χ0n) is 11.6. The molecule has 1 unspecified atom stereocenters. The molecule has 1 fully saturated rings. The molecule has 20 heavy (non-hydrogen) atoms. The molecule has 1 aromatic rings. The average molecular weight is 342 g/mol. The van der Waals surface area contributed by atoms with Gasteiger partial charge in [0.1, 0.15) is 5.69 Å². The van der Waals surface area contributed by atoms with Gasteiger partial charge in [-0.1, -0.05) is 0 Å². The zero-order chi connectivity index (χ0) is 14.4. The van der Waals surface area contributed by atoms with Crippen LogP contribution in [0.4, 0.5) is 0 Å². The molecule has 1 aromatic heterocycles. The quantitative estimate of drug-likeness (QED) is 0.855. The SMILES string of the molecule is COCCN(CC1CCCN1)C(=O)c1ccc(Br)cn1. The van der Waals surface area contributed by atoms with Crippen LogP contribution in [0.2, 0.25) is 0 Å². The highest BCUT2D eigenvalue weighted by Crippen LogP contribution is 2.12.